The van der Waals surface area contributed by atoms with Gasteiger partial charge in [0.05, 0.1) is 0 Å². The Kier molecular flexibility index (Phi) is 4.19. The van der Waals surface area contributed by atoms with Crippen molar-refractivity contribution in [3.63, 3.8) is 0 Å². The lowest BCUT2D eigenvalue weighted by Crippen LogP contribution is -1.97. The topological polar surface area (TPSA) is 0 Å². The summed E-state index contributed by atoms with van der Waals surface area (Å²) in [7, 11) is 0. The predicted octanol–water partition coefficient (Wildman–Crippen LogP) is 4.31. The van der Waals surface area contributed by atoms with Gasteiger partial charge in [0.25, 0.3) is 0 Å². The zero-order valence-corrected chi connectivity index (χ0v) is 9.72. The lowest BCUT2D eigenvalue weighted by molar-refractivity contribution is 0.709. The second-order valence-corrected chi connectivity index (χ2v) is 4.11. The van der Waals surface area contributed by atoms with Gasteiger partial charge in [0.15, 0.2) is 0 Å². The fourth-order valence-electron chi connectivity index (χ4n) is 1.43. The summed E-state index contributed by atoms with van der Waals surface area (Å²) in [5.41, 5.74) is 2.62. The van der Waals surface area contributed by atoms with Crippen molar-refractivity contribution in [1.29, 1.82) is 0 Å². The van der Waals surface area contributed by atoms with Crippen LogP contribution in [0.1, 0.15) is 63.5 Å². The third-order valence-corrected chi connectivity index (χ3v) is 3.05. The molecule has 76 valence electrons. The zero-order chi connectivity index (χ0) is 10.6. The Morgan fingerprint density at radius 3 is 1.79 bits per heavy atom. The van der Waals surface area contributed by atoms with Crippen LogP contribution in [0.2, 0.25) is 0 Å². The molecular weight excluding hydrogens is 168 g/mol. The molecule has 2 unspecified atom stereocenters. The highest BCUT2D eigenvalue weighted by Gasteiger charge is 2.07. The van der Waals surface area contributed by atoms with Gasteiger partial charge in [-0.3, -0.25) is 0 Å². The van der Waals surface area contributed by atoms with E-state index in [1.54, 1.807) is 0 Å². The Hall–Kier alpha value is -0.780. The number of benzene rings is 1. The standard InChI is InChI=1S/C14H20/c1-5-11(3)13-8-7-9-14(10-13)12(4)6-2/h8-9,11-12H,5-6H2,1-4H3. The number of hydrogen-bond acceptors (Lipinski definition) is 0. The maximum absolute atomic E-state index is 3.51. The third-order valence-electron chi connectivity index (χ3n) is 3.05. The summed E-state index contributed by atoms with van der Waals surface area (Å²) in [5.74, 6) is 1.21. The van der Waals surface area contributed by atoms with Gasteiger partial charge in [-0.05, 0) is 47.9 Å². The first-order valence-electron chi connectivity index (χ1n) is 5.62. The summed E-state index contributed by atoms with van der Waals surface area (Å²) >= 11 is 0. The molecule has 0 saturated heterocycles. The lowest BCUT2D eigenvalue weighted by Gasteiger charge is -2.13. The van der Waals surface area contributed by atoms with Crippen LogP contribution < -0.4 is 0 Å². The molecule has 0 amide bonds. The maximum Gasteiger partial charge on any atom is -0.0108 e. The van der Waals surface area contributed by atoms with Crippen molar-refractivity contribution in [2.45, 2.75) is 52.4 Å². The molecule has 14 heavy (non-hydrogen) atoms. The van der Waals surface area contributed by atoms with Gasteiger partial charge in [-0.1, -0.05) is 39.8 Å². The summed E-state index contributed by atoms with van der Waals surface area (Å²) in [6.45, 7) is 8.93. The molecule has 0 aliphatic heterocycles. The van der Waals surface area contributed by atoms with Crippen LogP contribution in [0, 0.1) is 12.1 Å². The summed E-state index contributed by atoms with van der Waals surface area (Å²) < 4.78 is 0. The minimum absolute atomic E-state index is 0.607. The quantitative estimate of drug-likeness (QED) is 0.660. The smallest absolute Gasteiger partial charge is 0.0108 e. The second-order valence-electron chi connectivity index (χ2n) is 4.11. The normalized spacial score (nSPS) is 15.1. The van der Waals surface area contributed by atoms with Crippen LogP contribution in [0.3, 0.4) is 0 Å². The van der Waals surface area contributed by atoms with Crippen molar-refractivity contribution in [3.05, 3.63) is 35.4 Å². The average molecular weight is 188 g/mol. The Labute approximate surface area is 88.4 Å². The molecule has 0 heterocycles. The van der Waals surface area contributed by atoms with Crippen LogP contribution >= 0.6 is 0 Å². The summed E-state index contributed by atoms with van der Waals surface area (Å²) in [4.78, 5) is 0. The van der Waals surface area contributed by atoms with Crippen LogP contribution in [0.15, 0.2) is 12.1 Å². The van der Waals surface area contributed by atoms with Crippen LogP contribution in [-0.2, 0) is 0 Å². The number of hydrogen-bond donors (Lipinski definition) is 0. The van der Waals surface area contributed by atoms with Crippen molar-refractivity contribution in [2.75, 3.05) is 0 Å². The molecule has 0 bridgehead atoms. The van der Waals surface area contributed by atoms with Gasteiger partial charge >= 0.3 is 0 Å². The third kappa shape index (κ3) is 2.60. The molecule has 0 aromatic heterocycles. The molecule has 2 radical (unpaired) electrons. The molecule has 0 fully saturated rings. The van der Waals surface area contributed by atoms with Crippen molar-refractivity contribution in [1.82, 2.24) is 0 Å². The molecule has 0 nitrogen and oxygen atoms in total. The average Bonchev–Trinajstić information content (AvgIpc) is 2.27. The molecule has 0 N–H and O–H groups in total. The lowest BCUT2D eigenvalue weighted by atomic mass is 9.92. The van der Waals surface area contributed by atoms with E-state index >= 15 is 0 Å². The van der Waals surface area contributed by atoms with E-state index in [1.807, 2.05) is 0 Å². The monoisotopic (exact) mass is 188 g/mol. The second kappa shape index (κ2) is 5.19. The molecule has 0 heteroatoms. The van der Waals surface area contributed by atoms with E-state index in [2.05, 4.69) is 52.0 Å². The van der Waals surface area contributed by atoms with Crippen molar-refractivity contribution >= 4 is 0 Å². The van der Waals surface area contributed by atoms with Crippen molar-refractivity contribution < 1.29 is 0 Å². The van der Waals surface area contributed by atoms with Crippen LogP contribution in [0.25, 0.3) is 0 Å². The SMILES string of the molecule is CCC(C)c1[c]c(C(C)CC)c[c]c1. The highest BCUT2D eigenvalue weighted by molar-refractivity contribution is 5.25. The summed E-state index contributed by atoms with van der Waals surface area (Å²) in [6.07, 6.45) is 2.35. The predicted molar refractivity (Wildman–Crippen MR) is 61.5 cm³/mol. The molecular formula is C14H20. The highest BCUT2D eigenvalue weighted by atomic mass is 14.1. The van der Waals surface area contributed by atoms with E-state index < -0.39 is 0 Å². The maximum atomic E-state index is 3.51. The van der Waals surface area contributed by atoms with E-state index in [0.717, 1.165) is 0 Å². The first-order chi connectivity index (χ1) is 6.69. The van der Waals surface area contributed by atoms with Gasteiger partial charge in [0, 0.05) is 0 Å². The molecule has 0 saturated carbocycles. The molecule has 1 aromatic rings. The van der Waals surface area contributed by atoms with Crippen LogP contribution in [-0.4, -0.2) is 0 Å². The van der Waals surface area contributed by atoms with Crippen molar-refractivity contribution in [2.24, 2.45) is 0 Å². The molecule has 2 atom stereocenters. The van der Waals surface area contributed by atoms with Crippen LogP contribution in [0.4, 0.5) is 0 Å². The number of rotatable bonds is 4. The van der Waals surface area contributed by atoms with E-state index in [-0.39, 0.29) is 0 Å². The molecule has 1 aromatic carbocycles. The first-order valence-corrected chi connectivity index (χ1v) is 5.62. The molecule has 0 aliphatic carbocycles. The Morgan fingerprint density at radius 1 is 1.00 bits per heavy atom. The van der Waals surface area contributed by atoms with Crippen LogP contribution in [0.5, 0.6) is 0 Å². The Bertz CT molecular complexity index is 250. The minimum atomic E-state index is 0.607. The van der Waals surface area contributed by atoms with E-state index in [9.17, 15) is 0 Å². The van der Waals surface area contributed by atoms with Gasteiger partial charge in [0.1, 0.15) is 0 Å². The Morgan fingerprint density at radius 2 is 1.43 bits per heavy atom. The molecule has 1 rings (SSSR count). The fraction of sp³-hybridized carbons (Fsp3) is 0.571. The van der Waals surface area contributed by atoms with E-state index in [4.69, 9.17) is 0 Å². The van der Waals surface area contributed by atoms with Gasteiger partial charge in [-0.2, -0.15) is 0 Å². The first kappa shape index (κ1) is 11.3. The summed E-state index contributed by atoms with van der Waals surface area (Å²) in [5, 5.41) is 0. The molecule has 0 aliphatic rings. The minimum Gasteiger partial charge on any atom is -0.0648 e. The van der Waals surface area contributed by atoms with Gasteiger partial charge in [-0.15, -0.1) is 0 Å². The fourth-order valence-corrected chi connectivity index (χ4v) is 1.43. The van der Waals surface area contributed by atoms with Gasteiger partial charge in [-0.25, -0.2) is 0 Å². The molecule has 0 spiro atoms. The van der Waals surface area contributed by atoms with E-state index in [1.165, 1.54) is 24.0 Å². The summed E-state index contributed by atoms with van der Waals surface area (Å²) in [6, 6.07) is 10.9. The van der Waals surface area contributed by atoms with Gasteiger partial charge in [0.2, 0.25) is 0 Å². The van der Waals surface area contributed by atoms with Gasteiger partial charge < -0.3 is 0 Å². The zero-order valence-electron chi connectivity index (χ0n) is 9.72. The highest BCUT2D eigenvalue weighted by Crippen LogP contribution is 2.23. The van der Waals surface area contributed by atoms with E-state index in [0.29, 0.717) is 11.8 Å². The largest absolute Gasteiger partial charge is 0.0648 e. The van der Waals surface area contributed by atoms with Crippen molar-refractivity contribution in [3.8, 4) is 0 Å². The Balaban J connectivity index is 2.89.